The standard InChI is InChI=1S/C23H30N4O/c1-16-9-10-21(24-11-16)26-12-18-13-27(22(28)15-25(3)4)23(20(18)14-26)19-8-6-5-7-17(19)2/h5-11,18,20,23H,12-15H2,1-4H3/t18-,20-,23+/m1/s1. The van der Waals surface area contributed by atoms with Crippen LogP contribution in [-0.2, 0) is 4.79 Å². The molecule has 0 bridgehead atoms. The predicted octanol–water partition coefficient (Wildman–Crippen LogP) is 2.90. The molecule has 0 aliphatic carbocycles. The van der Waals surface area contributed by atoms with Crippen LogP contribution in [-0.4, -0.2) is 61.0 Å². The van der Waals surface area contributed by atoms with E-state index in [2.05, 4.69) is 65.0 Å². The molecule has 0 unspecified atom stereocenters. The Morgan fingerprint density at radius 3 is 2.57 bits per heavy atom. The summed E-state index contributed by atoms with van der Waals surface area (Å²) in [6, 6.07) is 12.9. The largest absolute Gasteiger partial charge is 0.356 e. The van der Waals surface area contributed by atoms with Gasteiger partial charge in [0.25, 0.3) is 0 Å². The fraction of sp³-hybridized carbons (Fsp3) is 0.478. The van der Waals surface area contributed by atoms with Crippen molar-refractivity contribution in [3.63, 3.8) is 0 Å². The van der Waals surface area contributed by atoms with Crippen molar-refractivity contribution in [2.24, 2.45) is 11.8 Å². The highest BCUT2D eigenvalue weighted by atomic mass is 16.2. The first-order valence-electron chi connectivity index (χ1n) is 10.1. The zero-order chi connectivity index (χ0) is 19.8. The van der Waals surface area contributed by atoms with Crippen LogP contribution >= 0.6 is 0 Å². The summed E-state index contributed by atoms with van der Waals surface area (Å²) in [4.78, 5) is 24.2. The average Bonchev–Trinajstić information content (AvgIpc) is 3.20. The van der Waals surface area contributed by atoms with Crippen LogP contribution in [0.2, 0.25) is 0 Å². The lowest BCUT2D eigenvalue weighted by Gasteiger charge is -2.32. The van der Waals surface area contributed by atoms with E-state index in [0.717, 1.165) is 25.5 Å². The van der Waals surface area contributed by atoms with Gasteiger partial charge in [-0.05, 0) is 50.7 Å². The normalized spacial score (nSPS) is 24.1. The van der Waals surface area contributed by atoms with Gasteiger partial charge in [-0.25, -0.2) is 4.98 Å². The number of aromatic nitrogens is 1. The molecular weight excluding hydrogens is 348 g/mol. The van der Waals surface area contributed by atoms with E-state index in [1.807, 2.05) is 25.2 Å². The monoisotopic (exact) mass is 378 g/mol. The summed E-state index contributed by atoms with van der Waals surface area (Å²) in [5.41, 5.74) is 3.74. The highest BCUT2D eigenvalue weighted by Gasteiger charge is 2.49. The van der Waals surface area contributed by atoms with Gasteiger partial charge in [-0.3, -0.25) is 4.79 Å². The lowest BCUT2D eigenvalue weighted by molar-refractivity contribution is -0.133. The number of carbonyl (C=O) groups is 1. The molecule has 2 aliphatic rings. The number of carbonyl (C=O) groups excluding carboxylic acids is 1. The molecule has 28 heavy (non-hydrogen) atoms. The average molecular weight is 379 g/mol. The molecule has 0 spiro atoms. The molecule has 148 valence electrons. The summed E-state index contributed by atoms with van der Waals surface area (Å²) in [7, 11) is 3.92. The fourth-order valence-electron chi connectivity index (χ4n) is 4.81. The molecule has 5 heteroatoms. The van der Waals surface area contributed by atoms with Gasteiger partial charge in [0.2, 0.25) is 5.91 Å². The topological polar surface area (TPSA) is 39.7 Å². The number of aryl methyl sites for hydroxylation is 2. The van der Waals surface area contributed by atoms with Crippen LogP contribution in [0.4, 0.5) is 5.82 Å². The van der Waals surface area contributed by atoms with Crippen LogP contribution in [0.1, 0.15) is 22.7 Å². The van der Waals surface area contributed by atoms with Crippen LogP contribution in [0.5, 0.6) is 0 Å². The number of nitrogens with zero attached hydrogens (tertiary/aromatic N) is 4. The van der Waals surface area contributed by atoms with Gasteiger partial charge >= 0.3 is 0 Å². The van der Waals surface area contributed by atoms with Gasteiger partial charge in [0.1, 0.15) is 5.82 Å². The summed E-state index contributed by atoms with van der Waals surface area (Å²) in [6.07, 6.45) is 1.94. The summed E-state index contributed by atoms with van der Waals surface area (Å²) >= 11 is 0. The molecule has 2 fully saturated rings. The minimum atomic E-state index is 0.147. The van der Waals surface area contributed by atoms with Crippen molar-refractivity contribution in [1.29, 1.82) is 0 Å². The zero-order valence-corrected chi connectivity index (χ0v) is 17.3. The molecule has 5 nitrogen and oxygen atoms in total. The van der Waals surface area contributed by atoms with Crippen LogP contribution in [0.25, 0.3) is 0 Å². The molecule has 3 heterocycles. The molecule has 0 N–H and O–H groups in total. The second-order valence-corrected chi connectivity index (χ2v) is 8.61. The minimum Gasteiger partial charge on any atom is -0.356 e. The predicted molar refractivity (Wildman–Crippen MR) is 112 cm³/mol. The Morgan fingerprint density at radius 1 is 1.11 bits per heavy atom. The van der Waals surface area contributed by atoms with Crippen molar-refractivity contribution in [3.05, 3.63) is 59.3 Å². The van der Waals surface area contributed by atoms with E-state index < -0.39 is 0 Å². The SMILES string of the molecule is Cc1ccc(N2C[C@@H]3CN(C(=O)CN(C)C)[C@@H](c4ccccc4C)[C@@H]3C2)nc1. The van der Waals surface area contributed by atoms with Gasteiger partial charge in [0, 0.05) is 37.7 Å². The van der Waals surface area contributed by atoms with E-state index in [-0.39, 0.29) is 11.9 Å². The van der Waals surface area contributed by atoms with Gasteiger partial charge < -0.3 is 14.7 Å². The Morgan fingerprint density at radius 2 is 1.89 bits per heavy atom. The van der Waals surface area contributed by atoms with E-state index >= 15 is 0 Å². The maximum absolute atomic E-state index is 13.0. The number of likely N-dealkylation sites (tertiary alicyclic amines) is 1. The maximum atomic E-state index is 13.0. The van der Waals surface area contributed by atoms with Crippen molar-refractivity contribution >= 4 is 11.7 Å². The Labute approximate surface area is 168 Å². The van der Waals surface area contributed by atoms with E-state index in [9.17, 15) is 4.79 Å². The van der Waals surface area contributed by atoms with E-state index in [4.69, 9.17) is 0 Å². The van der Waals surface area contributed by atoms with E-state index in [1.54, 1.807) is 0 Å². The van der Waals surface area contributed by atoms with Gasteiger partial charge in [-0.1, -0.05) is 30.3 Å². The quantitative estimate of drug-likeness (QED) is 0.820. The van der Waals surface area contributed by atoms with Crippen molar-refractivity contribution in [3.8, 4) is 0 Å². The number of anilines is 1. The maximum Gasteiger partial charge on any atom is 0.237 e. The molecule has 1 aromatic heterocycles. The van der Waals surface area contributed by atoms with Gasteiger partial charge in [-0.15, -0.1) is 0 Å². The van der Waals surface area contributed by atoms with Crippen molar-refractivity contribution < 1.29 is 4.79 Å². The van der Waals surface area contributed by atoms with Crippen LogP contribution in [0, 0.1) is 25.7 Å². The summed E-state index contributed by atoms with van der Waals surface area (Å²) in [5.74, 6) is 2.21. The number of hydrogen-bond acceptors (Lipinski definition) is 4. The molecule has 4 rings (SSSR count). The first-order chi connectivity index (χ1) is 13.4. The number of likely N-dealkylation sites (N-methyl/N-ethyl adjacent to an activating group) is 1. The molecule has 0 saturated carbocycles. The second-order valence-electron chi connectivity index (χ2n) is 8.61. The number of pyridine rings is 1. The third-order valence-electron chi connectivity index (χ3n) is 6.16. The van der Waals surface area contributed by atoms with Crippen molar-refractivity contribution in [2.45, 2.75) is 19.9 Å². The third kappa shape index (κ3) is 3.51. The fourth-order valence-corrected chi connectivity index (χ4v) is 4.81. The number of hydrogen-bond donors (Lipinski definition) is 0. The lowest BCUT2D eigenvalue weighted by atomic mass is 9.87. The smallest absolute Gasteiger partial charge is 0.237 e. The molecule has 1 aromatic carbocycles. The Hall–Kier alpha value is -2.40. The van der Waals surface area contributed by atoms with Gasteiger partial charge in [-0.2, -0.15) is 0 Å². The number of benzene rings is 1. The molecule has 1 amide bonds. The Bertz CT molecular complexity index is 848. The number of amides is 1. The molecular formula is C23H30N4O. The van der Waals surface area contributed by atoms with Crippen molar-refractivity contribution in [1.82, 2.24) is 14.8 Å². The number of rotatable bonds is 4. The molecule has 2 saturated heterocycles. The lowest BCUT2D eigenvalue weighted by Crippen LogP contribution is -2.40. The molecule has 0 radical (unpaired) electrons. The Balaban J connectivity index is 1.63. The first-order valence-corrected chi connectivity index (χ1v) is 10.1. The van der Waals surface area contributed by atoms with Crippen LogP contribution < -0.4 is 4.90 Å². The van der Waals surface area contributed by atoms with Gasteiger partial charge in [0.05, 0.1) is 12.6 Å². The summed E-state index contributed by atoms with van der Waals surface area (Å²) in [5, 5.41) is 0. The number of fused-ring (bicyclic) bond motifs is 1. The molecule has 3 atom stereocenters. The summed E-state index contributed by atoms with van der Waals surface area (Å²) in [6.45, 7) is 7.44. The first kappa shape index (κ1) is 18.9. The van der Waals surface area contributed by atoms with Gasteiger partial charge in [0.15, 0.2) is 0 Å². The molecule has 2 aliphatic heterocycles. The third-order valence-corrected chi connectivity index (χ3v) is 6.16. The van der Waals surface area contributed by atoms with Crippen molar-refractivity contribution in [2.75, 3.05) is 45.2 Å². The second kappa shape index (κ2) is 7.55. The highest BCUT2D eigenvalue weighted by Crippen LogP contribution is 2.46. The zero-order valence-electron chi connectivity index (χ0n) is 17.3. The van der Waals surface area contributed by atoms with E-state index in [0.29, 0.717) is 18.4 Å². The van der Waals surface area contributed by atoms with E-state index in [1.165, 1.54) is 16.7 Å². The Kier molecular flexibility index (Phi) is 5.11. The minimum absolute atomic E-state index is 0.147. The van der Waals surface area contributed by atoms with Crippen LogP contribution in [0.3, 0.4) is 0 Å². The highest BCUT2D eigenvalue weighted by molar-refractivity contribution is 5.79. The van der Waals surface area contributed by atoms with Crippen LogP contribution in [0.15, 0.2) is 42.6 Å². The molecule has 2 aromatic rings. The summed E-state index contributed by atoms with van der Waals surface area (Å²) < 4.78 is 0.